The molecule has 5 rings (SSSR count). The monoisotopic (exact) mass is 910 g/mol. The van der Waals surface area contributed by atoms with E-state index in [-0.39, 0.29) is 30.9 Å². The number of carbonyl (C=O) groups excluding carboxylic acids is 3. The summed E-state index contributed by atoms with van der Waals surface area (Å²) >= 11 is 0. The van der Waals surface area contributed by atoms with Crippen LogP contribution in [0.5, 0.6) is 0 Å². The zero-order chi connectivity index (χ0) is 45.4. The van der Waals surface area contributed by atoms with E-state index in [0.29, 0.717) is 169 Å². The summed E-state index contributed by atoms with van der Waals surface area (Å²) in [5.41, 5.74) is 5.66. The zero-order valence-corrected chi connectivity index (χ0v) is 37.5. The third-order valence-electron chi connectivity index (χ3n) is 10.1. The maximum atomic E-state index is 12.3. The standard InChI is InChI=1S/C48H66N2O15/c51-46-43-12-5-6-13-44(43)47(52)50(46)15-17-55-19-21-57-23-25-59-27-29-61-31-33-63-35-37-64-36-34-62-32-30-60-28-26-58-24-22-56-20-18-54-16-7-14-49-48(53)65-38-45-41-10-3-1-8-39(41)40-9-2-4-11-42(40)45/h1-6,8-13,45H,7,14-38H2,(H,49,53). The van der Waals surface area contributed by atoms with Gasteiger partial charge in [0.1, 0.15) is 6.61 Å². The number of alkyl carbamates (subject to hydrolysis) is 1. The van der Waals surface area contributed by atoms with Gasteiger partial charge in [-0.3, -0.25) is 14.5 Å². The molecule has 0 fully saturated rings. The zero-order valence-electron chi connectivity index (χ0n) is 37.5. The van der Waals surface area contributed by atoms with Gasteiger partial charge in [0.2, 0.25) is 0 Å². The number of hydrogen-bond acceptors (Lipinski definition) is 15. The van der Waals surface area contributed by atoms with Gasteiger partial charge in [0.15, 0.2) is 0 Å². The highest BCUT2D eigenvalue weighted by Gasteiger charge is 2.34. The summed E-state index contributed by atoms with van der Waals surface area (Å²) in [6.45, 7) is 10.9. The Morgan fingerprint density at radius 1 is 0.415 bits per heavy atom. The molecule has 0 unspecified atom stereocenters. The first-order valence-corrected chi connectivity index (χ1v) is 22.5. The minimum absolute atomic E-state index is 0.0421. The lowest BCUT2D eigenvalue weighted by Gasteiger charge is -2.14. The van der Waals surface area contributed by atoms with Crippen LogP contribution in [0.2, 0.25) is 0 Å². The van der Waals surface area contributed by atoms with E-state index in [1.807, 2.05) is 24.3 Å². The van der Waals surface area contributed by atoms with Crippen molar-refractivity contribution in [1.29, 1.82) is 0 Å². The number of benzene rings is 3. The van der Waals surface area contributed by atoms with Gasteiger partial charge < -0.3 is 62.2 Å². The first-order valence-electron chi connectivity index (χ1n) is 22.5. The van der Waals surface area contributed by atoms with E-state index in [1.165, 1.54) is 27.2 Å². The Morgan fingerprint density at radius 3 is 1.09 bits per heavy atom. The highest BCUT2D eigenvalue weighted by molar-refractivity contribution is 6.21. The van der Waals surface area contributed by atoms with Crippen LogP contribution in [0, 0.1) is 0 Å². The van der Waals surface area contributed by atoms with Crippen LogP contribution in [0.1, 0.15) is 44.2 Å². The van der Waals surface area contributed by atoms with Crippen molar-refractivity contribution in [2.24, 2.45) is 0 Å². The molecule has 17 heteroatoms. The fourth-order valence-electron chi connectivity index (χ4n) is 6.91. The summed E-state index contributed by atoms with van der Waals surface area (Å²) in [5, 5.41) is 2.80. The number of fused-ring (bicyclic) bond motifs is 4. The molecule has 0 saturated carbocycles. The SMILES string of the molecule is O=C(NCCCOCCOCCOCCOCCOCCOCCOCCOCCOCCOCCOCCN1C(=O)c2ccccc2C1=O)OCC1c2ccccc2-c2ccccc21. The molecule has 2 aliphatic rings. The smallest absolute Gasteiger partial charge is 0.407 e. The van der Waals surface area contributed by atoms with Crippen molar-refractivity contribution in [2.45, 2.75) is 12.3 Å². The Labute approximate surface area is 382 Å². The second kappa shape index (κ2) is 32.3. The highest BCUT2D eigenvalue weighted by Crippen LogP contribution is 2.44. The van der Waals surface area contributed by atoms with E-state index in [9.17, 15) is 14.4 Å². The summed E-state index contributed by atoms with van der Waals surface area (Å²) in [6, 6.07) is 23.4. The Balaban J connectivity index is 0.658. The molecule has 0 aromatic heterocycles. The fraction of sp³-hybridized carbons (Fsp3) is 0.562. The summed E-state index contributed by atoms with van der Waals surface area (Å²) in [7, 11) is 0. The second-order valence-corrected chi connectivity index (χ2v) is 14.6. The highest BCUT2D eigenvalue weighted by atomic mass is 16.6. The molecule has 1 aliphatic carbocycles. The largest absolute Gasteiger partial charge is 0.449 e. The Bertz CT molecular complexity index is 1720. The van der Waals surface area contributed by atoms with Crippen molar-refractivity contribution in [2.75, 3.05) is 165 Å². The molecule has 65 heavy (non-hydrogen) atoms. The second-order valence-electron chi connectivity index (χ2n) is 14.6. The average molecular weight is 911 g/mol. The quantitative estimate of drug-likeness (QED) is 0.0630. The predicted molar refractivity (Wildman–Crippen MR) is 239 cm³/mol. The lowest BCUT2D eigenvalue weighted by atomic mass is 9.98. The molecule has 0 radical (unpaired) electrons. The number of hydrogen-bond donors (Lipinski definition) is 1. The molecular weight excluding hydrogens is 845 g/mol. The van der Waals surface area contributed by atoms with Crippen LogP contribution in [0.15, 0.2) is 72.8 Å². The van der Waals surface area contributed by atoms with E-state index in [4.69, 9.17) is 56.8 Å². The van der Waals surface area contributed by atoms with E-state index in [0.717, 1.165) is 0 Å². The van der Waals surface area contributed by atoms with Gasteiger partial charge >= 0.3 is 6.09 Å². The molecule has 0 spiro atoms. The van der Waals surface area contributed by atoms with Crippen LogP contribution in [-0.4, -0.2) is 188 Å². The summed E-state index contributed by atoms with van der Waals surface area (Å²) in [4.78, 5) is 38.2. The number of nitrogens with zero attached hydrogens (tertiary/aromatic N) is 1. The Kier molecular flexibility index (Phi) is 25.7. The molecule has 1 heterocycles. The van der Waals surface area contributed by atoms with Gasteiger partial charge in [0, 0.05) is 19.1 Å². The summed E-state index contributed by atoms with van der Waals surface area (Å²) in [6.07, 6.45) is 0.254. The first kappa shape index (κ1) is 51.6. The minimum atomic E-state index is -0.421. The van der Waals surface area contributed by atoms with Crippen molar-refractivity contribution >= 4 is 17.9 Å². The van der Waals surface area contributed by atoms with Crippen LogP contribution in [0.3, 0.4) is 0 Å². The van der Waals surface area contributed by atoms with Gasteiger partial charge in [-0.1, -0.05) is 60.7 Å². The Morgan fingerprint density at radius 2 is 0.723 bits per heavy atom. The van der Waals surface area contributed by atoms with Gasteiger partial charge in [-0.05, 0) is 40.8 Å². The molecular formula is C48H66N2O15. The molecule has 1 aliphatic heterocycles. The number of carbonyl (C=O) groups is 3. The van der Waals surface area contributed by atoms with Crippen molar-refractivity contribution in [3.05, 3.63) is 95.1 Å². The summed E-state index contributed by atoms with van der Waals surface area (Å²) in [5.74, 6) is -0.522. The third-order valence-corrected chi connectivity index (χ3v) is 10.1. The number of ether oxygens (including phenoxy) is 12. The van der Waals surface area contributed by atoms with E-state index >= 15 is 0 Å². The molecule has 0 atom stereocenters. The van der Waals surface area contributed by atoms with Crippen molar-refractivity contribution in [3.8, 4) is 11.1 Å². The average Bonchev–Trinajstić information content (AvgIpc) is 3.78. The number of rotatable bonds is 39. The van der Waals surface area contributed by atoms with Crippen LogP contribution >= 0.6 is 0 Å². The molecule has 3 aromatic rings. The maximum absolute atomic E-state index is 12.3. The normalized spacial score (nSPS) is 13.1. The van der Waals surface area contributed by atoms with Gasteiger partial charge in [0.25, 0.3) is 11.8 Å². The fourth-order valence-corrected chi connectivity index (χ4v) is 6.91. The van der Waals surface area contributed by atoms with E-state index in [2.05, 4.69) is 29.6 Å². The molecule has 17 nitrogen and oxygen atoms in total. The number of imide groups is 1. The summed E-state index contributed by atoms with van der Waals surface area (Å²) < 4.78 is 66.2. The van der Waals surface area contributed by atoms with Gasteiger partial charge in [-0.2, -0.15) is 0 Å². The van der Waals surface area contributed by atoms with Crippen molar-refractivity contribution in [1.82, 2.24) is 10.2 Å². The Hall–Kier alpha value is -4.37. The third kappa shape index (κ3) is 19.2. The van der Waals surface area contributed by atoms with E-state index < -0.39 is 6.09 Å². The molecule has 0 bridgehead atoms. The molecule has 0 saturated heterocycles. The lowest BCUT2D eigenvalue weighted by Crippen LogP contribution is -2.33. The maximum Gasteiger partial charge on any atom is 0.407 e. The molecule has 1 N–H and O–H groups in total. The van der Waals surface area contributed by atoms with Gasteiger partial charge in [-0.15, -0.1) is 0 Å². The van der Waals surface area contributed by atoms with Gasteiger partial charge in [0.05, 0.1) is 156 Å². The van der Waals surface area contributed by atoms with E-state index in [1.54, 1.807) is 24.3 Å². The van der Waals surface area contributed by atoms with Gasteiger partial charge in [-0.25, -0.2) is 4.79 Å². The van der Waals surface area contributed by atoms with Crippen LogP contribution in [-0.2, 0) is 56.8 Å². The predicted octanol–water partition coefficient (Wildman–Crippen LogP) is 4.39. The molecule has 3 aromatic carbocycles. The molecule has 358 valence electrons. The first-order chi connectivity index (χ1) is 32.1. The van der Waals surface area contributed by atoms with Crippen molar-refractivity contribution in [3.63, 3.8) is 0 Å². The molecule has 3 amide bonds. The van der Waals surface area contributed by atoms with Crippen molar-refractivity contribution < 1.29 is 71.2 Å². The topological polar surface area (TPSA) is 177 Å². The van der Waals surface area contributed by atoms with Crippen LogP contribution in [0.25, 0.3) is 11.1 Å². The van der Waals surface area contributed by atoms with Crippen LogP contribution in [0.4, 0.5) is 4.79 Å². The minimum Gasteiger partial charge on any atom is -0.449 e. The van der Waals surface area contributed by atoms with Crippen LogP contribution < -0.4 is 5.32 Å². The lowest BCUT2D eigenvalue weighted by molar-refractivity contribution is -0.0276. The number of nitrogens with one attached hydrogen (secondary N) is 1. The number of amides is 3.